The van der Waals surface area contributed by atoms with Crippen LogP contribution < -0.4 is 14.4 Å². The van der Waals surface area contributed by atoms with Crippen LogP contribution in [0, 0.1) is 6.92 Å². The second-order valence-corrected chi connectivity index (χ2v) is 7.61. The minimum atomic E-state index is -1.05. The molecule has 1 amide bonds. The Kier molecular flexibility index (Phi) is 4.37. The number of carbonyl (C=O) groups is 2. The molecule has 2 aromatic carbocycles. The van der Waals surface area contributed by atoms with Crippen LogP contribution in [0.3, 0.4) is 0 Å². The van der Waals surface area contributed by atoms with Crippen molar-refractivity contribution in [2.45, 2.75) is 6.92 Å². The Labute approximate surface area is 164 Å². The normalized spacial score (nSPS) is 17.1. The molecule has 4 rings (SSSR count). The van der Waals surface area contributed by atoms with Gasteiger partial charge in [0.25, 0.3) is 5.91 Å². The Balaban J connectivity index is 1.66. The molecule has 6 nitrogen and oxygen atoms in total. The number of nitrogens with zero attached hydrogens (tertiary/aromatic N) is 1. The van der Waals surface area contributed by atoms with Crippen molar-refractivity contribution >= 4 is 51.9 Å². The van der Waals surface area contributed by atoms with E-state index in [1.165, 1.54) is 22.7 Å². The van der Waals surface area contributed by atoms with E-state index in [1.54, 1.807) is 37.3 Å². The monoisotopic (exact) mass is 399 g/mol. The van der Waals surface area contributed by atoms with Crippen molar-refractivity contribution in [3.63, 3.8) is 0 Å². The number of ether oxygens (including phenoxy) is 2. The highest BCUT2D eigenvalue weighted by Crippen LogP contribution is 2.38. The van der Waals surface area contributed by atoms with Crippen molar-refractivity contribution in [1.82, 2.24) is 0 Å². The average Bonchev–Trinajstić information content (AvgIpc) is 3.20. The molecule has 136 valence electrons. The standard InChI is InChI=1S/C19H13NO5S2/c1-10-2-4-12(8-13(10)18(22)23)20-17(21)16(27-19(20)26)7-11-3-5-14-15(6-11)25-9-24-14/h2-8H,9H2,1H3,(H,22,23). The zero-order valence-corrected chi connectivity index (χ0v) is 15.7. The first-order valence-electron chi connectivity index (χ1n) is 7.95. The summed E-state index contributed by atoms with van der Waals surface area (Å²) < 4.78 is 11.0. The number of aryl methyl sites for hydroxylation is 1. The number of benzene rings is 2. The molecule has 0 aromatic heterocycles. The summed E-state index contributed by atoms with van der Waals surface area (Å²) in [6.45, 7) is 1.89. The third-order valence-electron chi connectivity index (χ3n) is 4.20. The van der Waals surface area contributed by atoms with Crippen LogP contribution in [0.4, 0.5) is 5.69 Å². The number of aromatic carboxylic acids is 1. The Morgan fingerprint density at radius 2 is 2.00 bits per heavy atom. The van der Waals surface area contributed by atoms with Crippen molar-refractivity contribution in [1.29, 1.82) is 0 Å². The van der Waals surface area contributed by atoms with E-state index in [0.717, 1.165) is 5.56 Å². The number of carboxylic acids is 1. The smallest absolute Gasteiger partial charge is 0.336 e. The molecule has 1 fully saturated rings. The number of hydrogen-bond donors (Lipinski definition) is 1. The first kappa shape index (κ1) is 17.6. The second kappa shape index (κ2) is 6.71. The van der Waals surface area contributed by atoms with E-state index < -0.39 is 5.97 Å². The molecular weight excluding hydrogens is 386 g/mol. The molecule has 8 heteroatoms. The molecule has 0 aliphatic carbocycles. The van der Waals surface area contributed by atoms with Crippen LogP contribution in [0.1, 0.15) is 21.5 Å². The lowest BCUT2D eigenvalue weighted by atomic mass is 10.1. The number of anilines is 1. The topological polar surface area (TPSA) is 76.1 Å². The zero-order chi connectivity index (χ0) is 19.1. The van der Waals surface area contributed by atoms with E-state index in [0.29, 0.717) is 32.0 Å². The van der Waals surface area contributed by atoms with E-state index in [9.17, 15) is 14.7 Å². The molecule has 1 N–H and O–H groups in total. The number of amides is 1. The van der Waals surface area contributed by atoms with Gasteiger partial charge >= 0.3 is 5.97 Å². The van der Waals surface area contributed by atoms with Gasteiger partial charge in [-0.15, -0.1) is 0 Å². The van der Waals surface area contributed by atoms with Crippen LogP contribution in [0.5, 0.6) is 11.5 Å². The predicted molar refractivity (Wildman–Crippen MR) is 106 cm³/mol. The van der Waals surface area contributed by atoms with E-state index >= 15 is 0 Å². The van der Waals surface area contributed by atoms with Crippen molar-refractivity contribution in [2.75, 3.05) is 11.7 Å². The van der Waals surface area contributed by atoms with Gasteiger partial charge in [-0.1, -0.05) is 36.1 Å². The van der Waals surface area contributed by atoms with Gasteiger partial charge in [-0.2, -0.15) is 0 Å². The van der Waals surface area contributed by atoms with Gasteiger partial charge in [-0.3, -0.25) is 9.69 Å². The summed E-state index contributed by atoms with van der Waals surface area (Å²) in [4.78, 5) is 26.0. The molecule has 2 aromatic rings. The maximum Gasteiger partial charge on any atom is 0.336 e. The fourth-order valence-electron chi connectivity index (χ4n) is 2.82. The Bertz CT molecular complexity index is 1030. The first-order chi connectivity index (χ1) is 12.9. The van der Waals surface area contributed by atoms with Crippen molar-refractivity contribution in [3.8, 4) is 11.5 Å². The Morgan fingerprint density at radius 3 is 2.78 bits per heavy atom. The van der Waals surface area contributed by atoms with Crippen LogP contribution >= 0.6 is 24.0 Å². The summed E-state index contributed by atoms with van der Waals surface area (Å²) >= 11 is 6.52. The fourth-order valence-corrected chi connectivity index (χ4v) is 4.12. The Morgan fingerprint density at radius 1 is 1.22 bits per heavy atom. The maximum atomic E-state index is 12.9. The van der Waals surface area contributed by atoms with E-state index in [2.05, 4.69) is 0 Å². The molecule has 2 aliphatic rings. The quantitative estimate of drug-likeness (QED) is 0.621. The van der Waals surface area contributed by atoms with Crippen molar-refractivity contribution in [3.05, 3.63) is 58.0 Å². The van der Waals surface area contributed by atoms with E-state index in [-0.39, 0.29) is 18.3 Å². The number of fused-ring (bicyclic) bond motifs is 1. The lowest BCUT2D eigenvalue weighted by Crippen LogP contribution is -2.27. The van der Waals surface area contributed by atoms with E-state index in [1.807, 2.05) is 6.07 Å². The molecule has 1 saturated heterocycles. The molecule has 0 saturated carbocycles. The number of carboxylic acid groups (broad SMARTS) is 1. The molecule has 0 spiro atoms. The molecule has 0 radical (unpaired) electrons. The maximum absolute atomic E-state index is 12.9. The zero-order valence-electron chi connectivity index (χ0n) is 14.1. The molecule has 2 heterocycles. The van der Waals surface area contributed by atoms with Crippen LogP contribution in [-0.2, 0) is 4.79 Å². The number of hydrogen-bond acceptors (Lipinski definition) is 6. The number of carbonyl (C=O) groups excluding carboxylic acids is 1. The summed E-state index contributed by atoms with van der Waals surface area (Å²) in [6.07, 6.45) is 1.73. The lowest BCUT2D eigenvalue weighted by molar-refractivity contribution is -0.113. The number of rotatable bonds is 3. The SMILES string of the molecule is Cc1ccc(N2C(=O)C(=Cc3ccc4c(c3)OCO4)SC2=S)cc1C(=O)O. The minimum Gasteiger partial charge on any atom is -0.478 e. The third kappa shape index (κ3) is 3.17. The summed E-state index contributed by atoms with van der Waals surface area (Å²) in [5.74, 6) is -0.0389. The van der Waals surface area contributed by atoms with Gasteiger partial charge in [-0.05, 0) is 48.4 Å². The van der Waals surface area contributed by atoms with Crippen LogP contribution in [0.15, 0.2) is 41.3 Å². The van der Waals surface area contributed by atoms with Crippen LogP contribution in [-0.4, -0.2) is 28.1 Å². The van der Waals surface area contributed by atoms with Gasteiger partial charge in [0.1, 0.15) is 0 Å². The highest BCUT2D eigenvalue weighted by Gasteiger charge is 2.34. The number of thiocarbonyl (C=S) groups is 1. The lowest BCUT2D eigenvalue weighted by Gasteiger charge is -2.15. The number of thioether (sulfide) groups is 1. The first-order valence-corrected chi connectivity index (χ1v) is 9.18. The van der Waals surface area contributed by atoms with Crippen molar-refractivity contribution in [2.24, 2.45) is 0 Å². The molecular formula is C19H13NO5S2. The largest absolute Gasteiger partial charge is 0.478 e. The second-order valence-electron chi connectivity index (χ2n) is 5.93. The predicted octanol–water partition coefficient (Wildman–Crippen LogP) is 3.83. The van der Waals surface area contributed by atoms with Crippen molar-refractivity contribution < 1.29 is 24.2 Å². The van der Waals surface area contributed by atoms with Gasteiger partial charge in [0.2, 0.25) is 6.79 Å². The van der Waals surface area contributed by atoms with Gasteiger partial charge in [0, 0.05) is 0 Å². The van der Waals surface area contributed by atoms with Crippen LogP contribution in [0.25, 0.3) is 6.08 Å². The summed E-state index contributed by atoms with van der Waals surface area (Å²) in [7, 11) is 0. The molecule has 2 aliphatic heterocycles. The summed E-state index contributed by atoms with van der Waals surface area (Å²) in [5, 5.41) is 9.31. The molecule has 0 unspecified atom stereocenters. The highest BCUT2D eigenvalue weighted by molar-refractivity contribution is 8.27. The third-order valence-corrected chi connectivity index (χ3v) is 5.50. The summed E-state index contributed by atoms with van der Waals surface area (Å²) in [6, 6.07) is 10.2. The van der Waals surface area contributed by atoms with Gasteiger partial charge in [0.15, 0.2) is 15.8 Å². The molecule has 0 atom stereocenters. The van der Waals surface area contributed by atoms with Gasteiger partial charge in [-0.25, -0.2) is 4.79 Å². The fraction of sp³-hybridized carbons (Fsp3) is 0.105. The van der Waals surface area contributed by atoms with Gasteiger partial charge in [0.05, 0.1) is 16.2 Å². The Hall–Kier alpha value is -2.84. The van der Waals surface area contributed by atoms with Crippen LogP contribution in [0.2, 0.25) is 0 Å². The minimum absolute atomic E-state index is 0.140. The average molecular weight is 399 g/mol. The molecule has 27 heavy (non-hydrogen) atoms. The summed E-state index contributed by atoms with van der Waals surface area (Å²) in [5.41, 5.74) is 1.98. The highest BCUT2D eigenvalue weighted by atomic mass is 32.2. The van der Waals surface area contributed by atoms with Gasteiger partial charge < -0.3 is 14.6 Å². The molecule has 0 bridgehead atoms. The van der Waals surface area contributed by atoms with E-state index in [4.69, 9.17) is 21.7 Å².